The van der Waals surface area contributed by atoms with Crippen molar-refractivity contribution >= 4 is 17.5 Å². The average molecular weight is 418 g/mol. The van der Waals surface area contributed by atoms with Gasteiger partial charge in [0.1, 0.15) is 29.5 Å². The van der Waals surface area contributed by atoms with Crippen molar-refractivity contribution in [3.63, 3.8) is 0 Å². The van der Waals surface area contributed by atoms with E-state index in [-0.39, 0.29) is 5.91 Å². The van der Waals surface area contributed by atoms with E-state index < -0.39 is 0 Å². The number of hydrogen-bond acceptors (Lipinski definition) is 6. The minimum atomic E-state index is -0.0627. The second-order valence-electron chi connectivity index (χ2n) is 6.82. The predicted molar refractivity (Wildman–Crippen MR) is 124 cm³/mol. The Balaban J connectivity index is 1.68. The highest BCUT2D eigenvalue weighted by atomic mass is 16.5. The summed E-state index contributed by atoms with van der Waals surface area (Å²) in [6.45, 7) is 7.41. The summed E-state index contributed by atoms with van der Waals surface area (Å²) in [6.07, 6.45) is 3.54. The van der Waals surface area contributed by atoms with Gasteiger partial charge in [-0.15, -0.1) is 0 Å². The second-order valence-corrected chi connectivity index (χ2v) is 6.82. The lowest BCUT2D eigenvalue weighted by Gasteiger charge is -2.19. The van der Waals surface area contributed by atoms with E-state index in [2.05, 4.69) is 21.9 Å². The fraction of sp³-hybridized carbons (Fsp3) is 0.208. The van der Waals surface area contributed by atoms with Gasteiger partial charge in [-0.2, -0.15) is 0 Å². The Bertz CT molecular complexity index is 1010. The Labute approximate surface area is 182 Å². The molecular weight excluding hydrogens is 390 g/mol. The molecule has 0 fully saturated rings. The summed E-state index contributed by atoms with van der Waals surface area (Å²) < 4.78 is 5.85. The van der Waals surface area contributed by atoms with E-state index in [9.17, 15) is 4.79 Å². The number of hydrogen-bond donors (Lipinski definition) is 2. The maximum absolute atomic E-state index is 11.8. The van der Waals surface area contributed by atoms with Crippen LogP contribution in [0.5, 0.6) is 11.5 Å². The minimum Gasteiger partial charge on any atom is -0.457 e. The van der Waals surface area contributed by atoms with Crippen molar-refractivity contribution in [1.29, 1.82) is 0 Å². The number of carbonyl (C=O) groups excluding carboxylic acids is 1. The number of nitrogen functional groups attached to an aromatic ring is 1. The number of likely N-dealkylation sites (N-methyl/N-ethyl adjacent to an activating group) is 1. The molecule has 1 amide bonds. The highest BCUT2D eigenvalue weighted by Gasteiger charge is 2.13. The van der Waals surface area contributed by atoms with Crippen LogP contribution in [0.25, 0.3) is 11.1 Å². The number of nitrogens with zero attached hydrogens (tertiary/aromatic N) is 3. The lowest BCUT2D eigenvalue weighted by atomic mass is 10.1. The Kier molecular flexibility index (Phi) is 7.59. The van der Waals surface area contributed by atoms with Crippen LogP contribution in [0.3, 0.4) is 0 Å². The highest BCUT2D eigenvalue weighted by Crippen LogP contribution is 2.32. The molecule has 0 bridgehead atoms. The zero-order valence-electron chi connectivity index (χ0n) is 17.6. The van der Waals surface area contributed by atoms with E-state index in [1.54, 1.807) is 4.90 Å². The quantitative estimate of drug-likeness (QED) is 0.376. The van der Waals surface area contributed by atoms with Crippen LogP contribution in [0.1, 0.15) is 13.3 Å². The highest BCUT2D eigenvalue weighted by molar-refractivity contribution is 5.87. The summed E-state index contributed by atoms with van der Waals surface area (Å²) in [5, 5.41) is 3.32. The summed E-state index contributed by atoms with van der Waals surface area (Å²) in [7, 11) is 0. The third-order valence-electron chi connectivity index (χ3n) is 4.76. The number of amides is 1. The molecule has 31 heavy (non-hydrogen) atoms. The summed E-state index contributed by atoms with van der Waals surface area (Å²) >= 11 is 0. The number of benzene rings is 2. The second kappa shape index (κ2) is 10.8. The van der Waals surface area contributed by atoms with Crippen LogP contribution in [0.2, 0.25) is 0 Å². The van der Waals surface area contributed by atoms with Gasteiger partial charge in [-0.1, -0.05) is 36.9 Å². The van der Waals surface area contributed by atoms with Crippen LogP contribution in [0.4, 0.5) is 11.6 Å². The van der Waals surface area contributed by atoms with Crippen molar-refractivity contribution in [2.24, 2.45) is 0 Å². The molecule has 1 aromatic heterocycles. The number of nitrogens with one attached hydrogen (secondary N) is 1. The van der Waals surface area contributed by atoms with Crippen LogP contribution in [-0.2, 0) is 4.79 Å². The fourth-order valence-corrected chi connectivity index (χ4v) is 3.16. The third kappa shape index (κ3) is 5.82. The van der Waals surface area contributed by atoms with E-state index in [4.69, 9.17) is 10.5 Å². The van der Waals surface area contributed by atoms with Gasteiger partial charge in [0.25, 0.3) is 0 Å². The molecule has 0 radical (unpaired) electrons. The topological polar surface area (TPSA) is 93.4 Å². The number of ether oxygens (including phenoxy) is 1. The van der Waals surface area contributed by atoms with Gasteiger partial charge in [-0.3, -0.25) is 4.79 Å². The molecule has 3 N–H and O–H groups in total. The first-order valence-electron chi connectivity index (χ1n) is 10.2. The van der Waals surface area contributed by atoms with E-state index >= 15 is 0 Å². The summed E-state index contributed by atoms with van der Waals surface area (Å²) in [4.78, 5) is 22.0. The van der Waals surface area contributed by atoms with Gasteiger partial charge in [-0.25, -0.2) is 9.97 Å². The smallest absolute Gasteiger partial charge is 0.245 e. The maximum Gasteiger partial charge on any atom is 0.245 e. The molecule has 0 saturated carbocycles. The van der Waals surface area contributed by atoms with E-state index in [0.29, 0.717) is 31.3 Å². The summed E-state index contributed by atoms with van der Waals surface area (Å²) in [5.41, 5.74) is 7.79. The lowest BCUT2D eigenvalue weighted by Crippen LogP contribution is -2.31. The van der Waals surface area contributed by atoms with Crippen molar-refractivity contribution in [2.45, 2.75) is 13.3 Å². The molecule has 2 aromatic carbocycles. The molecule has 7 nitrogen and oxygen atoms in total. The van der Waals surface area contributed by atoms with Gasteiger partial charge in [0, 0.05) is 19.6 Å². The van der Waals surface area contributed by atoms with E-state index in [0.717, 1.165) is 29.0 Å². The lowest BCUT2D eigenvalue weighted by molar-refractivity contribution is -0.125. The van der Waals surface area contributed by atoms with Gasteiger partial charge < -0.3 is 20.7 Å². The Morgan fingerprint density at radius 2 is 1.84 bits per heavy atom. The Morgan fingerprint density at radius 3 is 2.52 bits per heavy atom. The molecule has 0 spiro atoms. The molecule has 1 heterocycles. The standard InChI is InChI=1S/C24H27N5O2/c1-3-21(30)29(4-2)16-8-15-26-24-22(23(25)27-17-28-24)18-11-13-20(14-12-18)31-19-9-6-5-7-10-19/h3,5-7,9-14,17H,1,4,8,15-16H2,2H3,(H3,25,26,27,28). The first kappa shape index (κ1) is 21.8. The molecule has 0 unspecified atom stereocenters. The van der Waals surface area contributed by atoms with Crippen molar-refractivity contribution < 1.29 is 9.53 Å². The van der Waals surface area contributed by atoms with Crippen LogP contribution >= 0.6 is 0 Å². The number of rotatable bonds is 10. The zero-order valence-corrected chi connectivity index (χ0v) is 17.6. The molecule has 7 heteroatoms. The molecular formula is C24H27N5O2. The number of anilines is 2. The molecule has 0 aliphatic carbocycles. The normalized spacial score (nSPS) is 10.4. The van der Waals surface area contributed by atoms with Crippen molar-refractivity contribution in [3.8, 4) is 22.6 Å². The number of nitrogens with two attached hydrogens (primary N) is 1. The summed E-state index contributed by atoms with van der Waals surface area (Å²) in [5.74, 6) is 2.49. The van der Waals surface area contributed by atoms with Gasteiger partial charge >= 0.3 is 0 Å². The van der Waals surface area contributed by atoms with Crippen molar-refractivity contribution in [2.75, 3.05) is 30.7 Å². The number of aromatic nitrogens is 2. The SMILES string of the molecule is C=CC(=O)N(CC)CCCNc1ncnc(N)c1-c1ccc(Oc2ccccc2)cc1. The molecule has 3 aromatic rings. The van der Waals surface area contributed by atoms with Gasteiger partial charge in [0.05, 0.1) is 5.56 Å². The van der Waals surface area contributed by atoms with Crippen LogP contribution < -0.4 is 15.8 Å². The first-order valence-corrected chi connectivity index (χ1v) is 10.2. The van der Waals surface area contributed by atoms with Crippen molar-refractivity contribution in [3.05, 3.63) is 73.6 Å². The molecule has 160 valence electrons. The van der Waals surface area contributed by atoms with Crippen LogP contribution in [0, 0.1) is 0 Å². The average Bonchev–Trinajstić information content (AvgIpc) is 2.80. The molecule has 0 aliphatic heterocycles. The molecule has 0 aliphatic rings. The zero-order chi connectivity index (χ0) is 22.1. The van der Waals surface area contributed by atoms with E-state index in [1.807, 2.05) is 61.5 Å². The Morgan fingerprint density at radius 1 is 1.13 bits per heavy atom. The number of para-hydroxylation sites is 1. The minimum absolute atomic E-state index is 0.0627. The molecule has 0 saturated heterocycles. The van der Waals surface area contributed by atoms with Crippen molar-refractivity contribution in [1.82, 2.24) is 14.9 Å². The predicted octanol–water partition coefficient (Wildman–Crippen LogP) is 4.35. The Hall–Kier alpha value is -3.87. The monoisotopic (exact) mass is 417 g/mol. The van der Waals surface area contributed by atoms with Gasteiger partial charge in [0.15, 0.2) is 0 Å². The third-order valence-corrected chi connectivity index (χ3v) is 4.76. The van der Waals surface area contributed by atoms with Gasteiger partial charge in [0.2, 0.25) is 5.91 Å². The largest absolute Gasteiger partial charge is 0.457 e. The number of carbonyl (C=O) groups is 1. The van der Waals surface area contributed by atoms with Crippen LogP contribution in [-0.4, -0.2) is 40.4 Å². The fourth-order valence-electron chi connectivity index (χ4n) is 3.16. The molecule has 3 rings (SSSR count). The molecule has 0 atom stereocenters. The maximum atomic E-state index is 11.8. The summed E-state index contributed by atoms with van der Waals surface area (Å²) in [6, 6.07) is 17.2. The van der Waals surface area contributed by atoms with Gasteiger partial charge in [-0.05, 0) is 49.2 Å². The van der Waals surface area contributed by atoms with E-state index in [1.165, 1.54) is 12.4 Å². The van der Waals surface area contributed by atoms with Crippen LogP contribution in [0.15, 0.2) is 73.6 Å². The first-order chi connectivity index (χ1) is 15.1.